The number of nitrogens with zero attached hydrogens (tertiary/aromatic N) is 2. The number of benzene rings is 2. The molecule has 0 saturated heterocycles. The summed E-state index contributed by atoms with van der Waals surface area (Å²) >= 11 is 0. The van der Waals surface area contributed by atoms with Crippen LogP contribution in [0, 0.1) is 0 Å². The maximum absolute atomic E-state index is 12.2. The van der Waals surface area contributed by atoms with Crippen molar-refractivity contribution in [1.29, 1.82) is 0 Å². The molecule has 0 atom stereocenters. The maximum atomic E-state index is 12.2. The lowest BCUT2D eigenvalue weighted by molar-refractivity contribution is -0.129. The minimum absolute atomic E-state index is 0.0890. The molecule has 0 aliphatic carbocycles. The van der Waals surface area contributed by atoms with E-state index in [1.165, 1.54) is 17.3 Å². The third-order valence-corrected chi connectivity index (χ3v) is 4.40. The fourth-order valence-corrected chi connectivity index (χ4v) is 2.85. The first-order valence-corrected chi connectivity index (χ1v) is 9.22. The highest BCUT2D eigenvalue weighted by Crippen LogP contribution is 2.13. The summed E-state index contributed by atoms with van der Waals surface area (Å²) in [5, 5.41) is 5.26. The van der Waals surface area contributed by atoms with E-state index < -0.39 is 11.8 Å². The summed E-state index contributed by atoms with van der Waals surface area (Å²) in [5.41, 5.74) is 6.03. The third kappa shape index (κ3) is 4.98. The van der Waals surface area contributed by atoms with Gasteiger partial charge in [0.05, 0.1) is 17.5 Å². The molecule has 0 bridgehead atoms. The van der Waals surface area contributed by atoms with E-state index in [2.05, 4.69) is 22.9 Å². The Labute approximate surface area is 167 Å². The standard InChI is InChI=1S/C21H22N4O4/c1-3-14-8-10-15(11-9-14)29-13-20(27)23-22-19(26)12-18-16-6-4-5-7-17(16)21(28)25(2)24-18/h4-11H,3,12-13H2,1-2H3,(H,22,26)(H,23,27). The summed E-state index contributed by atoms with van der Waals surface area (Å²) in [5.74, 6) is -0.373. The Morgan fingerprint density at radius 2 is 1.66 bits per heavy atom. The van der Waals surface area contributed by atoms with E-state index in [1.807, 2.05) is 12.1 Å². The van der Waals surface area contributed by atoms with Crippen LogP contribution in [-0.2, 0) is 29.5 Å². The fourth-order valence-electron chi connectivity index (χ4n) is 2.85. The summed E-state index contributed by atoms with van der Waals surface area (Å²) in [4.78, 5) is 36.2. The van der Waals surface area contributed by atoms with Gasteiger partial charge in [-0.15, -0.1) is 0 Å². The van der Waals surface area contributed by atoms with Gasteiger partial charge in [-0.1, -0.05) is 37.3 Å². The molecule has 3 rings (SSSR count). The van der Waals surface area contributed by atoms with Crippen molar-refractivity contribution < 1.29 is 14.3 Å². The monoisotopic (exact) mass is 394 g/mol. The van der Waals surface area contributed by atoms with Crippen molar-refractivity contribution in [3.05, 3.63) is 70.1 Å². The molecule has 3 aromatic rings. The summed E-state index contributed by atoms with van der Waals surface area (Å²) in [7, 11) is 1.53. The Kier molecular flexibility index (Phi) is 6.23. The largest absolute Gasteiger partial charge is 0.484 e. The van der Waals surface area contributed by atoms with Crippen LogP contribution in [0.5, 0.6) is 5.75 Å². The number of fused-ring (bicyclic) bond motifs is 1. The molecule has 0 aliphatic rings. The van der Waals surface area contributed by atoms with Gasteiger partial charge in [0.1, 0.15) is 5.75 Å². The van der Waals surface area contributed by atoms with E-state index in [4.69, 9.17) is 4.74 Å². The zero-order valence-corrected chi connectivity index (χ0v) is 16.3. The molecule has 2 N–H and O–H groups in total. The number of hydrogen-bond acceptors (Lipinski definition) is 5. The van der Waals surface area contributed by atoms with Gasteiger partial charge in [-0.05, 0) is 30.2 Å². The van der Waals surface area contributed by atoms with Gasteiger partial charge < -0.3 is 4.74 Å². The Hall–Kier alpha value is -3.68. The van der Waals surface area contributed by atoms with E-state index in [9.17, 15) is 14.4 Å². The third-order valence-electron chi connectivity index (χ3n) is 4.40. The Bertz CT molecular complexity index is 1090. The zero-order chi connectivity index (χ0) is 20.8. The van der Waals surface area contributed by atoms with E-state index >= 15 is 0 Å². The number of rotatable bonds is 6. The number of hydrogen-bond donors (Lipinski definition) is 2. The van der Waals surface area contributed by atoms with Gasteiger partial charge in [-0.25, -0.2) is 4.68 Å². The first-order chi connectivity index (χ1) is 14.0. The second kappa shape index (κ2) is 9.01. The predicted molar refractivity (Wildman–Crippen MR) is 108 cm³/mol. The first kappa shape index (κ1) is 20.1. The Morgan fingerprint density at radius 3 is 2.34 bits per heavy atom. The smallest absolute Gasteiger partial charge is 0.276 e. The van der Waals surface area contributed by atoms with Crippen molar-refractivity contribution in [3.63, 3.8) is 0 Å². The lowest BCUT2D eigenvalue weighted by atomic mass is 10.1. The number of carbonyl (C=O) groups is 2. The van der Waals surface area contributed by atoms with Crippen molar-refractivity contribution in [2.75, 3.05) is 6.61 Å². The Balaban J connectivity index is 1.54. The van der Waals surface area contributed by atoms with Crippen molar-refractivity contribution in [2.24, 2.45) is 7.05 Å². The Morgan fingerprint density at radius 1 is 1.00 bits per heavy atom. The number of aryl methyl sites for hydroxylation is 2. The summed E-state index contributed by atoms with van der Waals surface area (Å²) < 4.78 is 6.59. The van der Waals surface area contributed by atoms with Crippen LogP contribution in [0.15, 0.2) is 53.3 Å². The molecule has 2 amide bonds. The van der Waals surface area contributed by atoms with Crippen LogP contribution in [0.1, 0.15) is 18.2 Å². The predicted octanol–water partition coefficient (Wildman–Crippen LogP) is 1.26. The number of carbonyl (C=O) groups excluding carboxylic acids is 2. The van der Waals surface area contributed by atoms with Gasteiger partial charge in [0.2, 0.25) is 5.91 Å². The molecule has 1 heterocycles. The van der Waals surface area contributed by atoms with Gasteiger partial charge in [-0.2, -0.15) is 5.10 Å². The average molecular weight is 394 g/mol. The SMILES string of the molecule is CCc1ccc(OCC(=O)NNC(=O)Cc2nn(C)c(=O)c3ccccc23)cc1. The molecular formula is C21H22N4O4. The van der Waals surface area contributed by atoms with Gasteiger partial charge >= 0.3 is 0 Å². The molecule has 0 radical (unpaired) electrons. The van der Waals surface area contributed by atoms with Crippen LogP contribution in [0.2, 0.25) is 0 Å². The number of hydrazine groups is 1. The molecule has 2 aromatic carbocycles. The quantitative estimate of drug-likeness (QED) is 0.613. The van der Waals surface area contributed by atoms with Crippen molar-refractivity contribution in [3.8, 4) is 5.75 Å². The van der Waals surface area contributed by atoms with Crippen LogP contribution in [0.25, 0.3) is 10.8 Å². The second-order valence-corrected chi connectivity index (χ2v) is 6.48. The number of nitrogens with one attached hydrogen (secondary N) is 2. The first-order valence-electron chi connectivity index (χ1n) is 9.22. The van der Waals surface area contributed by atoms with Gasteiger partial charge in [-0.3, -0.25) is 25.2 Å². The van der Waals surface area contributed by atoms with Crippen molar-refractivity contribution in [1.82, 2.24) is 20.6 Å². The number of amides is 2. The molecule has 0 fully saturated rings. The molecule has 29 heavy (non-hydrogen) atoms. The second-order valence-electron chi connectivity index (χ2n) is 6.48. The maximum Gasteiger partial charge on any atom is 0.276 e. The highest BCUT2D eigenvalue weighted by Gasteiger charge is 2.13. The summed E-state index contributed by atoms with van der Waals surface area (Å²) in [6.07, 6.45) is 0.834. The summed E-state index contributed by atoms with van der Waals surface area (Å²) in [6, 6.07) is 14.4. The average Bonchev–Trinajstić information content (AvgIpc) is 2.74. The minimum atomic E-state index is -0.490. The minimum Gasteiger partial charge on any atom is -0.484 e. The molecule has 8 nitrogen and oxygen atoms in total. The highest BCUT2D eigenvalue weighted by atomic mass is 16.5. The van der Waals surface area contributed by atoms with Gasteiger partial charge in [0.15, 0.2) is 6.61 Å². The van der Waals surface area contributed by atoms with Crippen LogP contribution in [-0.4, -0.2) is 28.2 Å². The van der Waals surface area contributed by atoms with E-state index in [1.54, 1.807) is 36.4 Å². The summed E-state index contributed by atoms with van der Waals surface area (Å²) in [6.45, 7) is 1.83. The van der Waals surface area contributed by atoms with Crippen LogP contribution >= 0.6 is 0 Å². The lowest BCUT2D eigenvalue weighted by Gasteiger charge is -2.10. The molecule has 0 unspecified atom stereocenters. The van der Waals surface area contributed by atoms with Gasteiger partial charge in [0, 0.05) is 12.4 Å². The molecule has 1 aromatic heterocycles. The van der Waals surface area contributed by atoms with Gasteiger partial charge in [0.25, 0.3) is 11.5 Å². The fraction of sp³-hybridized carbons (Fsp3) is 0.238. The van der Waals surface area contributed by atoms with E-state index in [0.717, 1.165) is 6.42 Å². The van der Waals surface area contributed by atoms with Crippen molar-refractivity contribution in [2.45, 2.75) is 19.8 Å². The molecular weight excluding hydrogens is 372 g/mol. The molecule has 150 valence electrons. The number of aromatic nitrogens is 2. The normalized spacial score (nSPS) is 10.6. The molecule has 8 heteroatoms. The molecule has 0 saturated carbocycles. The topological polar surface area (TPSA) is 102 Å². The van der Waals surface area contributed by atoms with Crippen molar-refractivity contribution >= 4 is 22.6 Å². The molecule has 0 spiro atoms. The van der Waals surface area contributed by atoms with E-state index in [0.29, 0.717) is 22.2 Å². The highest BCUT2D eigenvalue weighted by molar-refractivity contribution is 5.89. The number of ether oxygens (including phenoxy) is 1. The van der Waals surface area contributed by atoms with Crippen LogP contribution in [0.3, 0.4) is 0 Å². The lowest BCUT2D eigenvalue weighted by Crippen LogP contribution is -2.44. The van der Waals surface area contributed by atoms with E-state index in [-0.39, 0.29) is 18.6 Å². The molecule has 0 aliphatic heterocycles. The van der Waals surface area contributed by atoms with Crippen LogP contribution < -0.4 is 21.1 Å². The zero-order valence-electron chi connectivity index (χ0n) is 16.3. The van der Waals surface area contributed by atoms with Crippen LogP contribution in [0.4, 0.5) is 0 Å².